The molecular weight excluding hydrogens is 302 g/mol. The SMILES string of the molecule is Cc1cc(-c2nn(C)c(Cl)c2CN2CCCC[C@@H](N)C2)no1. The predicted octanol–water partition coefficient (Wildman–Crippen LogP) is 2.35. The maximum atomic E-state index is 6.45. The molecule has 120 valence electrons. The van der Waals surface area contributed by atoms with Gasteiger partial charge in [0.1, 0.15) is 22.3 Å². The lowest BCUT2D eigenvalue weighted by Crippen LogP contribution is -2.35. The highest BCUT2D eigenvalue weighted by Gasteiger charge is 2.23. The van der Waals surface area contributed by atoms with Crippen LogP contribution in [0.2, 0.25) is 5.15 Å². The van der Waals surface area contributed by atoms with Gasteiger partial charge < -0.3 is 10.3 Å². The summed E-state index contributed by atoms with van der Waals surface area (Å²) in [4.78, 5) is 2.36. The summed E-state index contributed by atoms with van der Waals surface area (Å²) >= 11 is 6.45. The van der Waals surface area contributed by atoms with Crippen molar-refractivity contribution in [2.45, 2.75) is 38.8 Å². The zero-order valence-electron chi connectivity index (χ0n) is 13.0. The van der Waals surface area contributed by atoms with Crippen LogP contribution in [0, 0.1) is 6.92 Å². The molecule has 22 heavy (non-hydrogen) atoms. The largest absolute Gasteiger partial charge is 0.361 e. The normalized spacial score (nSPS) is 20.3. The van der Waals surface area contributed by atoms with Crippen molar-refractivity contribution < 1.29 is 4.52 Å². The molecule has 1 atom stereocenters. The lowest BCUT2D eigenvalue weighted by atomic mass is 10.1. The van der Waals surface area contributed by atoms with Crippen LogP contribution in [0.1, 0.15) is 30.6 Å². The van der Waals surface area contributed by atoms with E-state index in [1.807, 2.05) is 20.0 Å². The van der Waals surface area contributed by atoms with Crippen LogP contribution in [0.5, 0.6) is 0 Å². The topological polar surface area (TPSA) is 73.1 Å². The van der Waals surface area contributed by atoms with Gasteiger partial charge in [-0.25, -0.2) is 0 Å². The Balaban J connectivity index is 1.89. The van der Waals surface area contributed by atoms with Gasteiger partial charge in [0.15, 0.2) is 0 Å². The van der Waals surface area contributed by atoms with Crippen molar-refractivity contribution in [1.29, 1.82) is 0 Å². The average molecular weight is 324 g/mol. The van der Waals surface area contributed by atoms with Crippen LogP contribution in [-0.2, 0) is 13.6 Å². The number of rotatable bonds is 3. The van der Waals surface area contributed by atoms with Crippen LogP contribution in [0.4, 0.5) is 0 Å². The molecule has 2 aromatic rings. The van der Waals surface area contributed by atoms with Crippen molar-refractivity contribution in [3.63, 3.8) is 0 Å². The highest BCUT2D eigenvalue weighted by Crippen LogP contribution is 2.29. The molecule has 0 spiro atoms. The molecule has 0 aliphatic carbocycles. The van der Waals surface area contributed by atoms with E-state index in [0.717, 1.165) is 48.8 Å². The summed E-state index contributed by atoms with van der Waals surface area (Å²) in [6.07, 6.45) is 3.45. The van der Waals surface area contributed by atoms with Crippen LogP contribution >= 0.6 is 11.6 Å². The highest BCUT2D eigenvalue weighted by atomic mass is 35.5. The van der Waals surface area contributed by atoms with Gasteiger partial charge in [-0.1, -0.05) is 23.2 Å². The third-order valence-electron chi connectivity index (χ3n) is 4.11. The Labute approximate surface area is 135 Å². The summed E-state index contributed by atoms with van der Waals surface area (Å²) in [5, 5.41) is 9.23. The smallest absolute Gasteiger partial charge is 0.134 e. The third kappa shape index (κ3) is 3.19. The van der Waals surface area contributed by atoms with Gasteiger partial charge in [-0.15, -0.1) is 0 Å². The fraction of sp³-hybridized carbons (Fsp3) is 0.600. The Morgan fingerprint density at radius 3 is 3.00 bits per heavy atom. The van der Waals surface area contributed by atoms with Crippen molar-refractivity contribution >= 4 is 11.6 Å². The first kappa shape index (κ1) is 15.5. The maximum Gasteiger partial charge on any atom is 0.134 e. The monoisotopic (exact) mass is 323 g/mol. The zero-order valence-corrected chi connectivity index (χ0v) is 13.8. The Hall–Kier alpha value is -1.37. The number of hydrogen-bond donors (Lipinski definition) is 1. The number of hydrogen-bond acceptors (Lipinski definition) is 5. The van der Waals surface area contributed by atoms with Gasteiger partial charge in [-0.3, -0.25) is 9.58 Å². The molecule has 0 saturated carbocycles. The van der Waals surface area contributed by atoms with E-state index in [4.69, 9.17) is 21.9 Å². The van der Waals surface area contributed by atoms with Crippen molar-refractivity contribution in [2.24, 2.45) is 12.8 Å². The second kappa shape index (κ2) is 6.40. The van der Waals surface area contributed by atoms with Gasteiger partial charge in [-0.2, -0.15) is 5.10 Å². The summed E-state index contributed by atoms with van der Waals surface area (Å²) in [5.41, 5.74) is 8.67. The summed E-state index contributed by atoms with van der Waals surface area (Å²) in [7, 11) is 1.84. The van der Waals surface area contributed by atoms with Gasteiger partial charge in [0, 0.05) is 37.8 Å². The van der Waals surface area contributed by atoms with Crippen LogP contribution in [0.25, 0.3) is 11.4 Å². The molecule has 0 radical (unpaired) electrons. The molecule has 1 fully saturated rings. The van der Waals surface area contributed by atoms with E-state index in [1.165, 1.54) is 12.8 Å². The van der Waals surface area contributed by atoms with Crippen molar-refractivity contribution in [1.82, 2.24) is 19.8 Å². The van der Waals surface area contributed by atoms with E-state index in [1.54, 1.807) is 4.68 Å². The highest BCUT2D eigenvalue weighted by molar-refractivity contribution is 6.30. The minimum atomic E-state index is 0.232. The molecule has 1 saturated heterocycles. The van der Waals surface area contributed by atoms with Crippen molar-refractivity contribution in [3.8, 4) is 11.4 Å². The molecule has 0 bridgehead atoms. The molecular formula is C15H22ClN5O. The molecule has 2 N–H and O–H groups in total. The van der Waals surface area contributed by atoms with Crippen LogP contribution < -0.4 is 5.73 Å². The molecule has 3 heterocycles. The summed E-state index contributed by atoms with van der Waals surface area (Å²) in [6.45, 7) is 4.54. The minimum Gasteiger partial charge on any atom is -0.361 e. The fourth-order valence-corrected chi connectivity index (χ4v) is 3.18. The summed E-state index contributed by atoms with van der Waals surface area (Å²) in [6, 6.07) is 2.12. The number of nitrogens with zero attached hydrogens (tertiary/aromatic N) is 4. The van der Waals surface area contributed by atoms with Crippen LogP contribution in [-0.4, -0.2) is 39.0 Å². The second-order valence-electron chi connectivity index (χ2n) is 6.06. The molecule has 6 nitrogen and oxygen atoms in total. The second-order valence-corrected chi connectivity index (χ2v) is 6.41. The minimum absolute atomic E-state index is 0.232. The molecule has 0 amide bonds. The first-order chi connectivity index (χ1) is 10.5. The van der Waals surface area contributed by atoms with Crippen LogP contribution in [0.3, 0.4) is 0 Å². The first-order valence-corrected chi connectivity index (χ1v) is 8.05. The number of halogens is 1. The van der Waals surface area contributed by atoms with Gasteiger partial charge in [0.25, 0.3) is 0 Å². The van der Waals surface area contributed by atoms with Crippen LogP contribution in [0.15, 0.2) is 10.6 Å². The van der Waals surface area contributed by atoms with Crippen molar-refractivity contribution in [3.05, 3.63) is 22.5 Å². The quantitative estimate of drug-likeness (QED) is 0.938. The lowest BCUT2D eigenvalue weighted by Gasteiger charge is -2.22. The first-order valence-electron chi connectivity index (χ1n) is 7.67. The average Bonchev–Trinajstić information content (AvgIpc) is 2.93. The van der Waals surface area contributed by atoms with Gasteiger partial charge in [0.2, 0.25) is 0 Å². The molecule has 1 aliphatic heterocycles. The number of nitrogens with two attached hydrogens (primary N) is 1. The Kier molecular flexibility index (Phi) is 4.52. The standard InChI is InChI=1S/C15H22ClN5O/c1-10-7-13(19-22-10)14-12(15(16)20(2)18-14)9-21-6-4-3-5-11(17)8-21/h7,11H,3-6,8-9,17H2,1-2H3/t11-/m1/s1. The number of likely N-dealkylation sites (tertiary alicyclic amines) is 1. The molecule has 3 rings (SSSR count). The van der Waals surface area contributed by atoms with Gasteiger partial charge in [-0.05, 0) is 26.3 Å². The van der Waals surface area contributed by atoms with Gasteiger partial charge in [0.05, 0.1) is 0 Å². The Bertz CT molecular complexity index is 650. The molecule has 1 aliphatic rings. The third-order valence-corrected chi connectivity index (χ3v) is 4.59. The van der Waals surface area contributed by atoms with E-state index in [9.17, 15) is 0 Å². The zero-order chi connectivity index (χ0) is 15.7. The van der Waals surface area contributed by atoms with E-state index in [0.29, 0.717) is 5.15 Å². The summed E-state index contributed by atoms with van der Waals surface area (Å²) < 4.78 is 6.86. The molecule has 0 aromatic carbocycles. The Morgan fingerprint density at radius 2 is 2.27 bits per heavy atom. The van der Waals surface area contributed by atoms with Gasteiger partial charge >= 0.3 is 0 Å². The Morgan fingerprint density at radius 1 is 1.45 bits per heavy atom. The lowest BCUT2D eigenvalue weighted by molar-refractivity contribution is 0.265. The van der Waals surface area contributed by atoms with E-state index >= 15 is 0 Å². The van der Waals surface area contributed by atoms with E-state index in [2.05, 4.69) is 15.2 Å². The molecule has 7 heteroatoms. The van der Waals surface area contributed by atoms with Crippen molar-refractivity contribution in [2.75, 3.05) is 13.1 Å². The fourth-order valence-electron chi connectivity index (χ4n) is 2.99. The predicted molar refractivity (Wildman–Crippen MR) is 85.6 cm³/mol. The number of aryl methyl sites for hydroxylation is 2. The molecule has 2 aromatic heterocycles. The van der Waals surface area contributed by atoms with E-state index in [-0.39, 0.29) is 6.04 Å². The molecule has 0 unspecified atom stereocenters. The number of aromatic nitrogens is 3. The maximum absolute atomic E-state index is 6.45. The summed E-state index contributed by atoms with van der Waals surface area (Å²) in [5.74, 6) is 0.763. The van der Waals surface area contributed by atoms with E-state index < -0.39 is 0 Å².